The highest BCUT2D eigenvalue weighted by Crippen LogP contribution is 2.32. The fourth-order valence-corrected chi connectivity index (χ4v) is 3.32. The van der Waals surface area contributed by atoms with Crippen LogP contribution < -0.4 is 0 Å². The summed E-state index contributed by atoms with van der Waals surface area (Å²) in [5.41, 5.74) is 1.71. The second kappa shape index (κ2) is 8.62. The van der Waals surface area contributed by atoms with Crippen LogP contribution in [0.3, 0.4) is 0 Å². The number of rotatable bonds is 7. The maximum absolute atomic E-state index is 12.7. The van der Waals surface area contributed by atoms with Crippen LogP contribution in [0.5, 0.6) is 0 Å². The number of aromatic nitrogens is 2. The van der Waals surface area contributed by atoms with Gasteiger partial charge >= 0.3 is 5.97 Å². The Balaban J connectivity index is 1.57. The van der Waals surface area contributed by atoms with Crippen molar-refractivity contribution >= 4 is 11.9 Å². The molecule has 7 heteroatoms. The summed E-state index contributed by atoms with van der Waals surface area (Å²) < 4.78 is 5.61. The van der Waals surface area contributed by atoms with Crippen molar-refractivity contribution in [1.82, 2.24) is 15.1 Å². The summed E-state index contributed by atoms with van der Waals surface area (Å²) >= 11 is 0. The summed E-state index contributed by atoms with van der Waals surface area (Å²) in [5.74, 6) is -1.05. The van der Waals surface area contributed by atoms with E-state index in [1.165, 1.54) is 6.20 Å². The van der Waals surface area contributed by atoms with Gasteiger partial charge in [-0.1, -0.05) is 30.3 Å². The highest BCUT2D eigenvalue weighted by Gasteiger charge is 2.31. The molecule has 1 amide bonds. The first-order chi connectivity index (χ1) is 12.7. The molecule has 0 spiro atoms. The Kier molecular flexibility index (Phi) is 6.01. The number of hydrogen-bond donors (Lipinski definition) is 2. The number of H-pyrrole nitrogens is 1. The van der Waals surface area contributed by atoms with Crippen molar-refractivity contribution in [3.05, 3.63) is 53.3 Å². The molecule has 2 heterocycles. The zero-order valence-electron chi connectivity index (χ0n) is 14.6. The Morgan fingerprint density at radius 2 is 2.08 bits per heavy atom. The molecule has 3 rings (SSSR count). The Bertz CT molecular complexity index is 744. The van der Waals surface area contributed by atoms with Crippen LogP contribution in [-0.2, 0) is 16.1 Å². The SMILES string of the molecule is O=C(O)c1cn[nH]c1C1CCCCN1C(=O)CCOCc1ccccc1. The van der Waals surface area contributed by atoms with E-state index in [1.54, 1.807) is 4.90 Å². The molecule has 2 N–H and O–H groups in total. The topological polar surface area (TPSA) is 95.5 Å². The standard InChI is InChI=1S/C19H23N3O4/c23-17(9-11-26-13-14-6-2-1-3-7-14)22-10-5-4-8-16(22)18-15(19(24)25)12-20-21-18/h1-3,6-7,12,16H,4-5,8-11,13H2,(H,20,21)(H,24,25). The van der Waals surface area contributed by atoms with Gasteiger partial charge in [0.05, 0.1) is 37.6 Å². The number of carboxylic acid groups (broad SMARTS) is 1. The monoisotopic (exact) mass is 357 g/mol. The van der Waals surface area contributed by atoms with Crippen molar-refractivity contribution in [2.45, 2.75) is 38.3 Å². The molecule has 0 aliphatic carbocycles. The molecule has 0 radical (unpaired) electrons. The number of carbonyl (C=O) groups excluding carboxylic acids is 1. The number of likely N-dealkylation sites (tertiary alicyclic amines) is 1. The summed E-state index contributed by atoms with van der Waals surface area (Å²) in [4.78, 5) is 25.8. The minimum absolute atomic E-state index is 0.0197. The van der Waals surface area contributed by atoms with E-state index in [2.05, 4.69) is 10.2 Å². The van der Waals surface area contributed by atoms with Crippen LogP contribution >= 0.6 is 0 Å². The highest BCUT2D eigenvalue weighted by atomic mass is 16.5. The second-order valence-electron chi connectivity index (χ2n) is 6.39. The van der Waals surface area contributed by atoms with E-state index >= 15 is 0 Å². The zero-order chi connectivity index (χ0) is 18.4. The largest absolute Gasteiger partial charge is 0.478 e. The lowest BCUT2D eigenvalue weighted by Gasteiger charge is -2.35. The molecule has 1 aromatic heterocycles. The number of hydrogen-bond acceptors (Lipinski definition) is 4. The lowest BCUT2D eigenvalue weighted by molar-refractivity contribution is -0.136. The van der Waals surface area contributed by atoms with Crippen LogP contribution in [0.25, 0.3) is 0 Å². The Labute approximate surface area is 152 Å². The number of benzene rings is 1. The third-order valence-electron chi connectivity index (χ3n) is 4.63. The first-order valence-electron chi connectivity index (χ1n) is 8.84. The van der Waals surface area contributed by atoms with E-state index in [9.17, 15) is 14.7 Å². The number of aromatic amines is 1. The van der Waals surface area contributed by atoms with Gasteiger partial charge in [-0.25, -0.2) is 4.79 Å². The van der Waals surface area contributed by atoms with Crippen molar-refractivity contribution in [1.29, 1.82) is 0 Å². The molecule has 0 bridgehead atoms. The maximum Gasteiger partial charge on any atom is 0.339 e. The summed E-state index contributed by atoms with van der Waals surface area (Å²) in [6, 6.07) is 9.55. The highest BCUT2D eigenvalue weighted by molar-refractivity contribution is 5.89. The smallest absolute Gasteiger partial charge is 0.339 e. The fourth-order valence-electron chi connectivity index (χ4n) is 3.32. The van der Waals surface area contributed by atoms with E-state index in [-0.39, 0.29) is 23.9 Å². The number of aromatic carboxylic acids is 1. The molecule has 2 aromatic rings. The molecule has 7 nitrogen and oxygen atoms in total. The molecule has 0 saturated carbocycles. The van der Waals surface area contributed by atoms with Gasteiger partial charge in [-0.05, 0) is 24.8 Å². The van der Waals surface area contributed by atoms with Gasteiger partial charge in [0.25, 0.3) is 0 Å². The third-order valence-corrected chi connectivity index (χ3v) is 4.63. The molecule has 1 aliphatic rings. The zero-order valence-corrected chi connectivity index (χ0v) is 14.6. The average Bonchev–Trinajstić information content (AvgIpc) is 3.16. The van der Waals surface area contributed by atoms with Crippen molar-refractivity contribution < 1.29 is 19.4 Å². The van der Waals surface area contributed by atoms with Gasteiger partial charge in [0.15, 0.2) is 0 Å². The average molecular weight is 357 g/mol. The van der Waals surface area contributed by atoms with Gasteiger partial charge < -0.3 is 14.7 Å². The second-order valence-corrected chi connectivity index (χ2v) is 6.39. The molecule has 1 fully saturated rings. The van der Waals surface area contributed by atoms with Gasteiger partial charge in [0.1, 0.15) is 5.56 Å². The number of carboxylic acids is 1. The Morgan fingerprint density at radius 1 is 1.27 bits per heavy atom. The molecule has 138 valence electrons. The molecule has 1 saturated heterocycles. The molecule has 1 atom stereocenters. The third kappa shape index (κ3) is 4.29. The summed E-state index contributed by atoms with van der Waals surface area (Å²) in [6.45, 7) is 1.44. The van der Waals surface area contributed by atoms with E-state index < -0.39 is 5.97 Å². The van der Waals surface area contributed by atoms with Crippen molar-refractivity contribution in [3.8, 4) is 0 Å². The molecule has 1 unspecified atom stereocenters. The van der Waals surface area contributed by atoms with Crippen LogP contribution in [0.15, 0.2) is 36.5 Å². The number of nitrogens with one attached hydrogen (secondary N) is 1. The van der Waals surface area contributed by atoms with Crippen LogP contribution in [0.1, 0.15) is 53.3 Å². The Hall–Kier alpha value is -2.67. The number of piperidine rings is 1. The molecule has 26 heavy (non-hydrogen) atoms. The van der Waals surface area contributed by atoms with Crippen LogP contribution in [0.4, 0.5) is 0 Å². The van der Waals surface area contributed by atoms with E-state index in [0.29, 0.717) is 25.5 Å². The summed E-state index contributed by atoms with van der Waals surface area (Å²) in [5, 5.41) is 15.9. The van der Waals surface area contributed by atoms with E-state index in [1.807, 2.05) is 30.3 Å². The first-order valence-corrected chi connectivity index (χ1v) is 8.84. The molecule has 1 aliphatic heterocycles. The number of amides is 1. The molecular weight excluding hydrogens is 334 g/mol. The maximum atomic E-state index is 12.7. The minimum Gasteiger partial charge on any atom is -0.478 e. The van der Waals surface area contributed by atoms with Gasteiger partial charge in [-0.2, -0.15) is 5.10 Å². The lowest BCUT2D eigenvalue weighted by Crippen LogP contribution is -2.39. The normalized spacial score (nSPS) is 17.2. The number of carbonyl (C=O) groups is 2. The summed E-state index contributed by atoms with van der Waals surface area (Å²) in [6.07, 6.45) is 4.19. The molecule has 1 aromatic carbocycles. The van der Waals surface area contributed by atoms with E-state index in [4.69, 9.17) is 4.74 Å². The predicted octanol–water partition coefficient (Wildman–Crippen LogP) is 2.77. The predicted molar refractivity (Wildman–Crippen MR) is 94.6 cm³/mol. The van der Waals surface area contributed by atoms with Gasteiger partial charge in [-0.15, -0.1) is 0 Å². The van der Waals surface area contributed by atoms with Crippen molar-refractivity contribution in [2.75, 3.05) is 13.2 Å². The van der Waals surface area contributed by atoms with Crippen LogP contribution in [0, 0.1) is 0 Å². The molecular formula is C19H23N3O4. The van der Waals surface area contributed by atoms with Crippen LogP contribution in [0.2, 0.25) is 0 Å². The first kappa shape index (κ1) is 18.1. The van der Waals surface area contributed by atoms with Crippen molar-refractivity contribution in [3.63, 3.8) is 0 Å². The fraction of sp³-hybridized carbons (Fsp3) is 0.421. The number of nitrogens with zero attached hydrogens (tertiary/aromatic N) is 2. The Morgan fingerprint density at radius 3 is 2.85 bits per heavy atom. The lowest BCUT2D eigenvalue weighted by atomic mass is 9.96. The van der Waals surface area contributed by atoms with Gasteiger partial charge in [-0.3, -0.25) is 9.89 Å². The minimum atomic E-state index is -1.03. The van der Waals surface area contributed by atoms with Gasteiger partial charge in [0, 0.05) is 6.54 Å². The quantitative estimate of drug-likeness (QED) is 0.743. The number of ether oxygens (including phenoxy) is 1. The van der Waals surface area contributed by atoms with Gasteiger partial charge in [0.2, 0.25) is 5.91 Å². The van der Waals surface area contributed by atoms with Crippen molar-refractivity contribution in [2.24, 2.45) is 0 Å². The van der Waals surface area contributed by atoms with E-state index in [0.717, 1.165) is 24.8 Å². The summed E-state index contributed by atoms with van der Waals surface area (Å²) in [7, 11) is 0. The van der Waals surface area contributed by atoms with Crippen LogP contribution in [-0.4, -0.2) is 45.2 Å².